The van der Waals surface area contributed by atoms with E-state index in [1.807, 2.05) is 6.07 Å². The molecular formula is C17H24N2O5S. The number of rotatable bonds is 7. The van der Waals surface area contributed by atoms with Crippen molar-refractivity contribution >= 4 is 21.9 Å². The first kappa shape index (κ1) is 19.4. The van der Waals surface area contributed by atoms with Gasteiger partial charge in [0, 0.05) is 13.1 Å². The Morgan fingerprint density at radius 1 is 1.32 bits per heavy atom. The predicted molar refractivity (Wildman–Crippen MR) is 93.3 cm³/mol. The van der Waals surface area contributed by atoms with Crippen LogP contribution in [0.5, 0.6) is 0 Å². The van der Waals surface area contributed by atoms with Gasteiger partial charge in [-0.25, -0.2) is 12.7 Å². The molecule has 0 bridgehead atoms. The van der Waals surface area contributed by atoms with Crippen LogP contribution in [0.2, 0.25) is 0 Å². The molecule has 1 saturated heterocycles. The smallest absolute Gasteiger partial charge is 0.305 e. The molecular weight excluding hydrogens is 344 g/mol. The molecule has 1 amide bonds. The van der Waals surface area contributed by atoms with Crippen molar-refractivity contribution in [3.63, 3.8) is 0 Å². The first-order chi connectivity index (χ1) is 11.8. The molecule has 1 aromatic carbocycles. The molecule has 2 rings (SSSR count). The van der Waals surface area contributed by atoms with Gasteiger partial charge in [0.15, 0.2) is 0 Å². The topological polar surface area (TPSA) is 104 Å². The molecule has 7 nitrogen and oxygen atoms in total. The van der Waals surface area contributed by atoms with Crippen molar-refractivity contribution in [1.82, 2.24) is 9.62 Å². The number of benzene rings is 1. The minimum absolute atomic E-state index is 0.00694. The number of carbonyl (C=O) groups excluding carboxylic acids is 1. The van der Waals surface area contributed by atoms with Gasteiger partial charge in [-0.3, -0.25) is 9.59 Å². The lowest BCUT2D eigenvalue weighted by Crippen LogP contribution is -2.46. The lowest BCUT2D eigenvalue weighted by molar-refractivity contribution is -0.138. The fourth-order valence-corrected chi connectivity index (χ4v) is 4.17. The number of carboxylic acids is 1. The van der Waals surface area contributed by atoms with Crippen LogP contribution in [0.3, 0.4) is 0 Å². The van der Waals surface area contributed by atoms with Crippen LogP contribution in [-0.4, -0.2) is 48.5 Å². The molecule has 25 heavy (non-hydrogen) atoms. The third-order valence-corrected chi connectivity index (χ3v) is 6.26. The van der Waals surface area contributed by atoms with E-state index in [1.54, 1.807) is 31.2 Å². The van der Waals surface area contributed by atoms with Crippen LogP contribution in [0.25, 0.3) is 0 Å². The Bertz CT molecular complexity index is 705. The zero-order valence-corrected chi connectivity index (χ0v) is 15.0. The number of hydrogen-bond acceptors (Lipinski definition) is 4. The van der Waals surface area contributed by atoms with Crippen molar-refractivity contribution < 1.29 is 23.1 Å². The summed E-state index contributed by atoms with van der Waals surface area (Å²) in [6.45, 7) is 2.16. The van der Waals surface area contributed by atoms with Gasteiger partial charge in [-0.2, -0.15) is 0 Å². The van der Waals surface area contributed by atoms with Crippen molar-refractivity contribution in [2.75, 3.05) is 18.8 Å². The van der Waals surface area contributed by atoms with Gasteiger partial charge in [0.25, 0.3) is 0 Å². The molecule has 0 aromatic heterocycles. The quantitative estimate of drug-likeness (QED) is 0.757. The van der Waals surface area contributed by atoms with Crippen LogP contribution in [0.15, 0.2) is 30.3 Å². The summed E-state index contributed by atoms with van der Waals surface area (Å²) >= 11 is 0. The molecule has 0 radical (unpaired) electrons. The van der Waals surface area contributed by atoms with E-state index in [4.69, 9.17) is 5.11 Å². The summed E-state index contributed by atoms with van der Waals surface area (Å²) in [6, 6.07) is 8.28. The van der Waals surface area contributed by atoms with Crippen LogP contribution in [-0.2, 0) is 19.6 Å². The molecule has 8 heteroatoms. The van der Waals surface area contributed by atoms with Crippen molar-refractivity contribution in [2.24, 2.45) is 5.92 Å². The van der Waals surface area contributed by atoms with Crippen LogP contribution < -0.4 is 5.32 Å². The second kappa shape index (κ2) is 8.44. The Balaban J connectivity index is 2.08. The van der Waals surface area contributed by atoms with E-state index >= 15 is 0 Å². The average molecular weight is 368 g/mol. The minimum Gasteiger partial charge on any atom is -0.481 e. The van der Waals surface area contributed by atoms with Gasteiger partial charge in [0.2, 0.25) is 15.9 Å². The lowest BCUT2D eigenvalue weighted by Gasteiger charge is -2.31. The van der Waals surface area contributed by atoms with Gasteiger partial charge >= 0.3 is 5.97 Å². The zero-order chi connectivity index (χ0) is 18.4. The van der Waals surface area contributed by atoms with Gasteiger partial charge in [0.1, 0.15) is 0 Å². The molecule has 1 aliphatic heterocycles. The van der Waals surface area contributed by atoms with Crippen LogP contribution in [0.4, 0.5) is 0 Å². The molecule has 1 aliphatic rings. The second-order valence-electron chi connectivity index (χ2n) is 6.17. The third kappa shape index (κ3) is 5.27. The highest BCUT2D eigenvalue weighted by molar-refractivity contribution is 7.89. The molecule has 1 fully saturated rings. The molecule has 2 atom stereocenters. The van der Waals surface area contributed by atoms with E-state index in [0.29, 0.717) is 24.9 Å². The van der Waals surface area contributed by atoms with E-state index in [-0.39, 0.29) is 24.6 Å². The highest BCUT2D eigenvalue weighted by Gasteiger charge is 2.32. The number of carbonyl (C=O) groups is 2. The molecule has 1 heterocycles. The number of amides is 1. The number of piperidine rings is 1. The Hall–Kier alpha value is -1.93. The van der Waals surface area contributed by atoms with Crippen LogP contribution in [0.1, 0.15) is 37.8 Å². The van der Waals surface area contributed by atoms with Crippen LogP contribution in [0, 0.1) is 5.92 Å². The maximum Gasteiger partial charge on any atom is 0.305 e. The molecule has 0 spiro atoms. The number of sulfonamides is 1. The SMILES string of the molecule is CCS(=O)(=O)N1CCCC(C(=O)NC(CC(=O)O)c2ccccc2)C1. The first-order valence-corrected chi connectivity index (χ1v) is 9.99. The van der Waals surface area contributed by atoms with Crippen molar-refractivity contribution in [1.29, 1.82) is 0 Å². The molecule has 1 aromatic rings. The van der Waals surface area contributed by atoms with Crippen molar-refractivity contribution in [3.05, 3.63) is 35.9 Å². The summed E-state index contributed by atoms with van der Waals surface area (Å²) < 4.78 is 25.4. The van der Waals surface area contributed by atoms with Gasteiger partial charge in [-0.1, -0.05) is 30.3 Å². The summed E-state index contributed by atoms with van der Waals surface area (Å²) in [5, 5.41) is 11.9. The third-order valence-electron chi connectivity index (χ3n) is 4.41. The number of nitrogens with one attached hydrogen (secondary N) is 1. The molecule has 138 valence electrons. The van der Waals surface area contributed by atoms with Gasteiger partial charge in [-0.05, 0) is 25.3 Å². The van der Waals surface area contributed by atoms with E-state index in [0.717, 1.165) is 0 Å². The van der Waals surface area contributed by atoms with E-state index < -0.39 is 28.0 Å². The molecule has 2 unspecified atom stereocenters. The zero-order valence-electron chi connectivity index (χ0n) is 14.2. The Morgan fingerprint density at radius 3 is 2.60 bits per heavy atom. The number of hydrogen-bond donors (Lipinski definition) is 2. The standard InChI is InChI=1S/C17H24N2O5S/c1-2-25(23,24)19-10-6-9-14(12-19)17(22)18-15(11-16(20)21)13-7-4-3-5-8-13/h3-5,7-8,14-15H,2,6,9-12H2,1H3,(H,18,22)(H,20,21). The second-order valence-corrected chi connectivity index (χ2v) is 8.43. The van der Waals surface area contributed by atoms with E-state index in [9.17, 15) is 18.0 Å². The number of nitrogens with zero attached hydrogens (tertiary/aromatic N) is 1. The van der Waals surface area contributed by atoms with Crippen LogP contribution >= 0.6 is 0 Å². The summed E-state index contributed by atoms with van der Waals surface area (Å²) in [4.78, 5) is 23.7. The largest absolute Gasteiger partial charge is 0.481 e. The lowest BCUT2D eigenvalue weighted by atomic mass is 9.97. The fourth-order valence-electron chi connectivity index (χ4n) is 2.99. The predicted octanol–water partition coefficient (Wildman–Crippen LogP) is 1.38. The maximum absolute atomic E-state index is 12.6. The average Bonchev–Trinajstić information content (AvgIpc) is 2.61. The summed E-state index contributed by atoms with van der Waals surface area (Å²) in [6.07, 6.45) is 0.988. The Kier molecular flexibility index (Phi) is 6.55. The van der Waals surface area contributed by atoms with Crippen molar-refractivity contribution in [2.45, 2.75) is 32.2 Å². The Labute approximate surface area is 148 Å². The van der Waals surface area contributed by atoms with Gasteiger partial charge in [-0.15, -0.1) is 0 Å². The van der Waals surface area contributed by atoms with E-state index in [2.05, 4.69) is 5.32 Å². The van der Waals surface area contributed by atoms with E-state index in [1.165, 1.54) is 4.31 Å². The summed E-state index contributed by atoms with van der Waals surface area (Å²) in [7, 11) is -3.33. The first-order valence-electron chi connectivity index (χ1n) is 8.38. The highest BCUT2D eigenvalue weighted by atomic mass is 32.2. The van der Waals surface area contributed by atoms with Gasteiger partial charge in [0.05, 0.1) is 24.1 Å². The van der Waals surface area contributed by atoms with Crippen molar-refractivity contribution in [3.8, 4) is 0 Å². The molecule has 0 saturated carbocycles. The summed E-state index contributed by atoms with van der Waals surface area (Å²) in [5.74, 6) is -1.76. The number of carboxylic acid groups (broad SMARTS) is 1. The highest BCUT2D eigenvalue weighted by Crippen LogP contribution is 2.22. The molecule has 2 N–H and O–H groups in total. The normalized spacial score (nSPS) is 20.0. The summed E-state index contributed by atoms with van der Waals surface area (Å²) in [5.41, 5.74) is 0.715. The molecule has 0 aliphatic carbocycles. The number of aliphatic carboxylic acids is 1. The maximum atomic E-state index is 12.6. The minimum atomic E-state index is -3.33. The monoisotopic (exact) mass is 368 g/mol. The Morgan fingerprint density at radius 2 is 2.00 bits per heavy atom. The fraction of sp³-hybridized carbons (Fsp3) is 0.529. The van der Waals surface area contributed by atoms with Gasteiger partial charge < -0.3 is 10.4 Å².